The SMILES string of the molecule is CC(=O)OC/C=C/C(=O)OCc1ccccc1. The Morgan fingerprint density at radius 1 is 1.18 bits per heavy atom. The van der Waals surface area contributed by atoms with Gasteiger partial charge in [-0.2, -0.15) is 0 Å². The monoisotopic (exact) mass is 234 g/mol. The van der Waals surface area contributed by atoms with Crippen LogP contribution in [0, 0.1) is 0 Å². The molecule has 4 nitrogen and oxygen atoms in total. The first-order valence-corrected chi connectivity index (χ1v) is 5.19. The lowest BCUT2D eigenvalue weighted by Gasteiger charge is -2.01. The second-order valence-corrected chi connectivity index (χ2v) is 3.30. The van der Waals surface area contributed by atoms with Crippen LogP contribution in [0.3, 0.4) is 0 Å². The van der Waals surface area contributed by atoms with Crippen LogP contribution in [-0.2, 0) is 25.7 Å². The van der Waals surface area contributed by atoms with Crippen LogP contribution in [0.2, 0.25) is 0 Å². The van der Waals surface area contributed by atoms with Crippen molar-refractivity contribution in [3.05, 3.63) is 48.0 Å². The van der Waals surface area contributed by atoms with Crippen molar-refractivity contribution in [1.82, 2.24) is 0 Å². The van der Waals surface area contributed by atoms with Gasteiger partial charge in [0.1, 0.15) is 13.2 Å². The molecule has 1 aromatic carbocycles. The number of benzene rings is 1. The van der Waals surface area contributed by atoms with E-state index in [1.54, 1.807) is 0 Å². The summed E-state index contributed by atoms with van der Waals surface area (Å²) < 4.78 is 9.59. The lowest BCUT2D eigenvalue weighted by Crippen LogP contribution is -2.02. The predicted molar refractivity (Wildman–Crippen MR) is 62.0 cm³/mol. The van der Waals surface area contributed by atoms with Gasteiger partial charge < -0.3 is 9.47 Å². The fourth-order valence-electron chi connectivity index (χ4n) is 1.09. The van der Waals surface area contributed by atoms with E-state index in [-0.39, 0.29) is 19.2 Å². The number of hydrogen-bond donors (Lipinski definition) is 0. The van der Waals surface area contributed by atoms with Crippen molar-refractivity contribution in [3.8, 4) is 0 Å². The van der Waals surface area contributed by atoms with E-state index in [1.165, 1.54) is 19.1 Å². The Morgan fingerprint density at radius 2 is 1.88 bits per heavy atom. The largest absolute Gasteiger partial charge is 0.462 e. The molecule has 0 aromatic heterocycles. The standard InChI is InChI=1S/C13H14O4/c1-11(14)16-9-5-8-13(15)17-10-12-6-3-2-4-7-12/h2-8H,9-10H2,1H3/b8-5+. The van der Waals surface area contributed by atoms with E-state index in [4.69, 9.17) is 4.74 Å². The number of rotatable bonds is 5. The summed E-state index contributed by atoms with van der Waals surface area (Å²) in [6.45, 7) is 1.62. The summed E-state index contributed by atoms with van der Waals surface area (Å²) in [5.74, 6) is -0.840. The van der Waals surface area contributed by atoms with Crippen molar-refractivity contribution < 1.29 is 19.1 Å². The Bertz CT molecular complexity index is 395. The van der Waals surface area contributed by atoms with E-state index < -0.39 is 5.97 Å². The second-order valence-electron chi connectivity index (χ2n) is 3.30. The van der Waals surface area contributed by atoms with Crippen molar-refractivity contribution in [1.29, 1.82) is 0 Å². The second kappa shape index (κ2) is 7.22. The summed E-state index contributed by atoms with van der Waals surface area (Å²) in [4.78, 5) is 21.6. The molecule has 0 atom stereocenters. The minimum atomic E-state index is -0.457. The molecule has 1 rings (SSSR count). The Kier molecular flexibility index (Phi) is 5.51. The molecule has 4 heteroatoms. The third-order valence-electron chi connectivity index (χ3n) is 1.86. The molecule has 0 spiro atoms. The van der Waals surface area contributed by atoms with Crippen LogP contribution >= 0.6 is 0 Å². The summed E-state index contributed by atoms with van der Waals surface area (Å²) in [6.07, 6.45) is 2.68. The molecule has 1 aromatic rings. The van der Waals surface area contributed by atoms with Gasteiger partial charge in [-0.1, -0.05) is 30.3 Å². The third kappa shape index (κ3) is 6.14. The molecule has 0 aliphatic rings. The quantitative estimate of drug-likeness (QED) is 0.576. The highest BCUT2D eigenvalue weighted by atomic mass is 16.5. The van der Waals surface area contributed by atoms with Gasteiger partial charge in [0.25, 0.3) is 0 Å². The average Bonchev–Trinajstić information content (AvgIpc) is 2.33. The Morgan fingerprint density at radius 3 is 2.53 bits per heavy atom. The molecular weight excluding hydrogens is 220 g/mol. The van der Waals surface area contributed by atoms with Gasteiger partial charge in [-0.15, -0.1) is 0 Å². The fraction of sp³-hybridized carbons (Fsp3) is 0.231. The van der Waals surface area contributed by atoms with Crippen LogP contribution in [0.25, 0.3) is 0 Å². The van der Waals surface area contributed by atoms with Gasteiger partial charge in [0, 0.05) is 13.0 Å². The van der Waals surface area contributed by atoms with Crippen molar-refractivity contribution in [2.24, 2.45) is 0 Å². The van der Waals surface area contributed by atoms with Crippen LogP contribution in [0.4, 0.5) is 0 Å². The number of carbonyl (C=O) groups is 2. The van der Waals surface area contributed by atoms with E-state index in [0.717, 1.165) is 5.56 Å². The van der Waals surface area contributed by atoms with Crippen LogP contribution in [0.1, 0.15) is 12.5 Å². The van der Waals surface area contributed by atoms with Crippen LogP contribution in [0.5, 0.6) is 0 Å². The van der Waals surface area contributed by atoms with Crippen molar-refractivity contribution in [2.75, 3.05) is 6.61 Å². The van der Waals surface area contributed by atoms with Gasteiger partial charge in [-0.3, -0.25) is 4.79 Å². The number of esters is 2. The van der Waals surface area contributed by atoms with E-state index >= 15 is 0 Å². The zero-order valence-electron chi connectivity index (χ0n) is 9.59. The molecule has 0 unspecified atom stereocenters. The maximum atomic E-state index is 11.2. The van der Waals surface area contributed by atoms with Crippen molar-refractivity contribution in [3.63, 3.8) is 0 Å². The minimum Gasteiger partial charge on any atom is -0.462 e. The van der Waals surface area contributed by atoms with Crippen LogP contribution in [0.15, 0.2) is 42.5 Å². The molecule has 0 fully saturated rings. The normalized spacial score (nSPS) is 10.2. The number of carbonyl (C=O) groups excluding carboxylic acids is 2. The fourth-order valence-corrected chi connectivity index (χ4v) is 1.09. The first-order valence-electron chi connectivity index (χ1n) is 5.19. The summed E-state index contributed by atoms with van der Waals surface area (Å²) in [5.41, 5.74) is 0.925. The molecule has 0 N–H and O–H groups in total. The summed E-state index contributed by atoms with van der Waals surface area (Å²) in [6, 6.07) is 9.38. The van der Waals surface area contributed by atoms with Gasteiger partial charge in [0.15, 0.2) is 0 Å². The molecule has 17 heavy (non-hydrogen) atoms. The minimum absolute atomic E-state index is 0.0791. The molecule has 0 aliphatic heterocycles. The maximum Gasteiger partial charge on any atom is 0.330 e. The zero-order chi connectivity index (χ0) is 12.5. The Hall–Kier alpha value is -2.10. The van der Waals surface area contributed by atoms with Gasteiger partial charge in [0.05, 0.1) is 0 Å². The van der Waals surface area contributed by atoms with E-state index in [9.17, 15) is 9.59 Å². The molecule has 0 heterocycles. The summed E-state index contributed by atoms with van der Waals surface area (Å²) in [7, 11) is 0. The molecular formula is C13H14O4. The summed E-state index contributed by atoms with van der Waals surface area (Å²) in [5, 5.41) is 0. The molecule has 90 valence electrons. The van der Waals surface area contributed by atoms with E-state index in [0.29, 0.717) is 0 Å². The highest BCUT2D eigenvalue weighted by molar-refractivity contribution is 5.81. The van der Waals surface area contributed by atoms with Crippen LogP contribution in [-0.4, -0.2) is 18.5 Å². The van der Waals surface area contributed by atoms with Gasteiger partial charge >= 0.3 is 11.9 Å². The van der Waals surface area contributed by atoms with E-state index in [2.05, 4.69) is 4.74 Å². The van der Waals surface area contributed by atoms with Crippen LogP contribution < -0.4 is 0 Å². The molecule has 0 radical (unpaired) electrons. The predicted octanol–water partition coefficient (Wildman–Crippen LogP) is 1.85. The molecule has 0 bridgehead atoms. The Balaban J connectivity index is 2.24. The molecule has 0 saturated heterocycles. The molecule has 0 aliphatic carbocycles. The van der Waals surface area contributed by atoms with Crippen molar-refractivity contribution >= 4 is 11.9 Å². The van der Waals surface area contributed by atoms with Gasteiger partial charge in [-0.25, -0.2) is 4.79 Å². The third-order valence-corrected chi connectivity index (χ3v) is 1.86. The maximum absolute atomic E-state index is 11.2. The van der Waals surface area contributed by atoms with Gasteiger partial charge in [-0.05, 0) is 11.6 Å². The van der Waals surface area contributed by atoms with Crippen molar-refractivity contribution in [2.45, 2.75) is 13.5 Å². The number of ether oxygens (including phenoxy) is 2. The highest BCUT2D eigenvalue weighted by Crippen LogP contribution is 2.00. The highest BCUT2D eigenvalue weighted by Gasteiger charge is 1.97. The lowest BCUT2D eigenvalue weighted by molar-refractivity contribution is -0.141. The first-order chi connectivity index (χ1) is 8.18. The Labute approximate surface area is 99.8 Å². The van der Waals surface area contributed by atoms with Gasteiger partial charge in [0.2, 0.25) is 0 Å². The topological polar surface area (TPSA) is 52.6 Å². The molecule has 0 saturated carbocycles. The zero-order valence-corrected chi connectivity index (χ0v) is 9.59. The van der Waals surface area contributed by atoms with E-state index in [1.807, 2.05) is 30.3 Å². The summed E-state index contributed by atoms with van der Waals surface area (Å²) >= 11 is 0. The molecule has 0 amide bonds. The first kappa shape index (κ1) is 13.0. The lowest BCUT2D eigenvalue weighted by atomic mass is 10.2. The smallest absolute Gasteiger partial charge is 0.330 e. The average molecular weight is 234 g/mol. The number of hydrogen-bond acceptors (Lipinski definition) is 4.